The van der Waals surface area contributed by atoms with Crippen molar-refractivity contribution in [3.05, 3.63) is 22.6 Å². The average molecular weight is 358 g/mol. The van der Waals surface area contributed by atoms with Crippen LogP contribution in [0.25, 0.3) is 10.2 Å². The Morgan fingerprint density at radius 3 is 2.75 bits per heavy atom. The second kappa shape index (κ2) is 6.68. The first-order valence-corrected chi connectivity index (χ1v) is 8.68. The molecular formula is C16H17F3N2O2S. The summed E-state index contributed by atoms with van der Waals surface area (Å²) in [6, 6.07) is 0.946. The number of hydrogen-bond donors (Lipinski definition) is 1. The lowest BCUT2D eigenvalue weighted by atomic mass is 10.1. The quantitative estimate of drug-likeness (QED) is 0.838. The van der Waals surface area contributed by atoms with Crippen molar-refractivity contribution in [2.24, 2.45) is 0 Å². The Hall–Kier alpha value is -1.67. The number of Topliss-reactive ketones (excluding diaryl/α,β-unsaturated/α-hetero) is 1. The van der Waals surface area contributed by atoms with Crippen LogP contribution in [0.1, 0.15) is 42.1 Å². The normalized spacial score (nSPS) is 16.5. The molecular weight excluding hydrogens is 341 g/mol. The predicted molar refractivity (Wildman–Crippen MR) is 85.8 cm³/mol. The average Bonchev–Trinajstić information content (AvgIpc) is 2.97. The van der Waals surface area contributed by atoms with Gasteiger partial charge in [-0.25, -0.2) is 4.98 Å². The third kappa shape index (κ3) is 3.39. The Kier molecular flexibility index (Phi) is 4.78. The van der Waals surface area contributed by atoms with E-state index in [4.69, 9.17) is 4.74 Å². The minimum absolute atomic E-state index is 0.0167. The number of pyridine rings is 1. The van der Waals surface area contributed by atoms with Crippen LogP contribution in [0.3, 0.4) is 0 Å². The van der Waals surface area contributed by atoms with Crippen molar-refractivity contribution in [3.63, 3.8) is 0 Å². The molecule has 4 nitrogen and oxygen atoms in total. The topological polar surface area (TPSA) is 51.2 Å². The highest BCUT2D eigenvalue weighted by molar-refractivity contribution is 7.17. The number of nitrogens with zero attached hydrogens (tertiary/aromatic N) is 1. The first-order valence-electron chi connectivity index (χ1n) is 7.80. The molecule has 3 heterocycles. The number of piperidine rings is 1. The van der Waals surface area contributed by atoms with Crippen LogP contribution < -0.4 is 10.1 Å². The molecule has 0 atom stereocenters. The Bertz CT molecular complexity index is 752. The molecule has 1 aliphatic rings. The van der Waals surface area contributed by atoms with Crippen molar-refractivity contribution >= 4 is 27.3 Å². The van der Waals surface area contributed by atoms with E-state index in [-0.39, 0.29) is 40.0 Å². The number of carbonyl (C=O) groups excluding carboxylic acids is 1. The maximum atomic E-state index is 13.4. The number of nitrogens with one attached hydrogen (secondary N) is 1. The number of aromatic nitrogens is 1. The highest BCUT2D eigenvalue weighted by Crippen LogP contribution is 2.40. The van der Waals surface area contributed by atoms with Crippen LogP contribution in [-0.4, -0.2) is 30.0 Å². The zero-order valence-electron chi connectivity index (χ0n) is 13.1. The first kappa shape index (κ1) is 17.2. The van der Waals surface area contributed by atoms with E-state index >= 15 is 0 Å². The highest BCUT2D eigenvalue weighted by atomic mass is 32.1. The Morgan fingerprint density at radius 1 is 1.42 bits per heavy atom. The summed E-state index contributed by atoms with van der Waals surface area (Å²) in [5.74, 6) is -0.286. The second-order valence-electron chi connectivity index (χ2n) is 5.68. The number of halogens is 3. The molecule has 0 radical (unpaired) electrons. The van der Waals surface area contributed by atoms with Gasteiger partial charge >= 0.3 is 6.18 Å². The summed E-state index contributed by atoms with van der Waals surface area (Å²) in [7, 11) is 0. The zero-order valence-corrected chi connectivity index (χ0v) is 13.9. The largest absolute Gasteiger partial charge is 0.474 e. The van der Waals surface area contributed by atoms with Crippen LogP contribution in [0.2, 0.25) is 0 Å². The van der Waals surface area contributed by atoms with Crippen molar-refractivity contribution in [2.45, 2.75) is 38.5 Å². The third-order valence-corrected chi connectivity index (χ3v) is 5.00. The fraction of sp³-hybridized carbons (Fsp3) is 0.500. The minimum atomic E-state index is -4.52. The molecule has 0 unspecified atom stereocenters. The predicted octanol–water partition coefficient (Wildman–Crippen LogP) is 4.04. The van der Waals surface area contributed by atoms with Crippen molar-refractivity contribution in [1.82, 2.24) is 10.3 Å². The van der Waals surface area contributed by atoms with Gasteiger partial charge in [-0.3, -0.25) is 4.79 Å². The molecule has 1 aliphatic heterocycles. The molecule has 8 heteroatoms. The number of fused-ring (bicyclic) bond motifs is 1. The third-order valence-electron chi connectivity index (χ3n) is 4.00. The van der Waals surface area contributed by atoms with Crippen LogP contribution in [0.4, 0.5) is 13.2 Å². The lowest BCUT2D eigenvalue weighted by Crippen LogP contribution is -2.34. The molecule has 3 rings (SSSR count). The van der Waals surface area contributed by atoms with Crippen LogP contribution in [0.5, 0.6) is 5.88 Å². The SMILES string of the molecule is CCC(=O)c1csc2c(C(F)(F)F)cc(OC3CCNCC3)nc12. The van der Waals surface area contributed by atoms with E-state index in [9.17, 15) is 18.0 Å². The van der Waals surface area contributed by atoms with Gasteiger partial charge in [0.05, 0.1) is 21.3 Å². The number of hydrogen-bond acceptors (Lipinski definition) is 5. The molecule has 2 aromatic heterocycles. The maximum absolute atomic E-state index is 13.4. The van der Waals surface area contributed by atoms with E-state index in [0.29, 0.717) is 12.8 Å². The van der Waals surface area contributed by atoms with Gasteiger partial charge in [0.1, 0.15) is 6.10 Å². The molecule has 130 valence electrons. The second-order valence-corrected chi connectivity index (χ2v) is 6.56. The molecule has 0 saturated carbocycles. The number of rotatable bonds is 4. The van der Waals surface area contributed by atoms with E-state index in [1.807, 2.05) is 0 Å². The van der Waals surface area contributed by atoms with Crippen molar-refractivity contribution in [3.8, 4) is 5.88 Å². The monoisotopic (exact) mass is 358 g/mol. The number of carbonyl (C=O) groups is 1. The zero-order chi connectivity index (χ0) is 17.3. The summed E-state index contributed by atoms with van der Waals surface area (Å²) in [4.78, 5) is 16.2. The van der Waals surface area contributed by atoms with E-state index < -0.39 is 11.7 Å². The Labute approximate surface area is 141 Å². The number of thiophene rings is 1. The summed E-state index contributed by atoms with van der Waals surface area (Å²) in [6.07, 6.45) is -3.04. The van der Waals surface area contributed by atoms with E-state index in [1.54, 1.807) is 6.92 Å². The van der Waals surface area contributed by atoms with Gasteiger partial charge in [-0.2, -0.15) is 13.2 Å². The molecule has 0 bridgehead atoms. The van der Waals surface area contributed by atoms with Gasteiger partial charge in [0.15, 0.2) is 5.78 Å². The molecule has 0 spiro atoms. The molecule has 0 amide bonds. The molecule has 1 N–H and O–H groups in total. The molecule has 2 aromatic rings. The molecule has 1 saturated heterocycles. The lowest BCUT2D eigenvalue weighted by Gasteiger charge is -2.23. The number of alkyl halides is 3. The summed E-state index contributed by atoms with van der Waals surface area (Å²) >= 11 is 0.897. The maximum Gasteiger partial charge on any atom is 0.418 e. The minimum Gasteiger partial charge on any atom is -0.474 e. The molecule has 0 aliphatic carbocycles. The van der Waals surface area contributed by atoms with Gasteiger partial charge < -0.3 is 10.1 Å². The van der Waals surface area contributed by atoms with Gasteiger partial charge in [-0.1, -0.05) is 6.92 Å². The van der Waals surface area contributed by atoms with Gasteiger partial charge in [-0.05, 0) is 25.9 Å². The van der Waals surface area contributed by atoms with Crippen LogP contribution in [0.15, 0.2) is 11.4 Å². The van der Waals surface area contributed by atoms with Crippen LogP contribution in [-0.2, 0) is 6.18 Å². The fourth-order valence-electron chi connectivity index (χ4n) is 2.73. The van der Waals surface area contributed by atoms with Gasteiger partial charge in [0.2, 0.25) is 5.88 Å². The van der Waals surface area contributed by atoms with Crippen molar-refractivity contribution < 1.29 is 22.7 Å². The number of ether oxygens (including phenoxy) is 1. The smallest absolute Gasteiger partial charge is 0.418 e. The molecule has 1 fully saturated rings. The van der Waals surface area contributed by atoms with Crippen molar-refractivity contribution in [2.75, 3.05) is 13.1 Å². The Balaban J connectivity index is 2.07. The fourth-order valence-corrected chi connectivity index (χ4v) is 3.78. The number of ketones is 1. The summed E-state index contributed by atoms with van der Waals surface area (Å²) in [5.41, 5.74) is -0.471. The standard InChI is InChI=1S/C16H17F3N2O2S/c1-2-12(22)10-8-24-15-11(16(17,18)19)7-13(21-14(10)15)23-9-3-5-20-6-4-9/h7-9,20H,2-6H2,1H3. The van der Waals surface area contributed by atoms with Crippen molar-refractivity contribution in [1.29, 1.82) is 0 Å². The van der Waals surface area contributed by atoms with E-state index in [0.717, 1.165) is 30.5 Å². The van der Waals surface area contributed by atoms with Crippen LogP contribution in [0, 0.1) is 0 Å². The van der Waals surface area contributed by atoms with Gasteiger partial charge in [-0.15, -0.1) is 11.3 Å². The summed E-state index contributed by atoms with van der Waals surface area (Å²) in [6.45, 7) is 3.19. The highest BCUT2D eigenvalue weighted by Gasteiger charge is 2.35. The van der Waals surface area contributed by atoms with Crippen LogP contribution >= 0.6 is 11.3 Å². The summed E-state index contributed by atoms with van der Waals surface area (Å²) < 4.78 is 45.9. The molecule has 24 heavy (non-hydrogen) atoms. The van der Waals surface area contributed by atoms with Gasteiger partial charge in [0, 0.05) is 17.9 Å². The summed E-state index contributed by atoms with van der Waals surface area (Å²) in [5, 5.41) is 4.62. The van der Waals surface area contributed by atoms with E-state index in [2.05, 4.69) is 10.3 Å². The van der Waals surface area contributed by atoms with E-state index in [1.165, 1.54) is 5.38 Å². The first-order chi connectivity index (χ1) is 11.4. The Morgan fingerprint density at radius 2 is 2.12 bits per heavy atom. The molecule has 0 aromatic carbocycles. The lowest BCUT2D eigenvalue weighted by molar-refractivity contribution is -0.136. The van der Waals surface area contributed by atoms with Gasteiger partial charge in [0.25, 0.3) is 0 Å².